The third kappa shape index (κ3) is 3.37. The van der Waals surface area contributed by atoms with Crippen LogP contribution in [0.15, 0.2) is 18.2 Å². The van der Waals surface area contributed by atoms with E-state index in [2.05, 4.69) is 5.09 Å². The molecule has 0 aromatic heterocycles. The molecule has 1 aromatic carbocycles. The van der Waals surface area contributed by atoms with E-state index in [1.165, 1.54) is 20.2 Å². The van der Waals surface area contributed by atoms with Crippen LogP contribution in [0, 0.1) is 0 Å². The summed E-state index contributed by atoms with van der Waals surface area (Å²) in [6.07, 6.45) is 0. The first-order chi connectivity index (χ1) is 7.00. The van der Waals surface area contributed by atoms with Gasteiger partial charge in [-0.15, -0.1) is 0 Å². The highest BCUT2D eigenvalue weighted by Crippen LogP contribution is 2.43. The van der Waals surface area contributed by atoms with Crippen molar-refractivity contribution in [2.75, 3.05) is 14.2 Å². The van der Waals surface area contributed by atoms with Crippen molar-refractivity contribution in [3.8, 4) is 5.75 Å². The van der Waals surface area contributed by atoms with Gasteiger partial charge in [-0.2, -0.15) is 0 Å². The summed E-state index contributed by atoms with van der Waals surface area (Å²) in [5, 5.41) is 3.18. The van der Waals surface area contributed by atoms with E-state index in [1.807, 2.05) is 0 Å². The lowest BCUT2D eigenvalue weighted by atomic mass is 10.3. The van der Waals surface area contributed by atoms with Crippen molar-refractivity contribution in [2.24, 2.45) is 0 Å². The van der Waals surface area contributed by atoms with Gasteiger partial charge < -0.3 is 4.52 Å². The van der Waals surface area contributed by atoms with Crippen molar-refractivity contribution in [2.45, 2.75) is 0 Å². The Balaban J connectivity index is 2.90. The fourth-order valence-corrected chi connectivity index (χ4v) is 1.87. The van der Waals surface area contributed by atoms with Gasteiger partial charge in [-0.05, 0) is 19.2 Å². The van der Waals surface area contributed by atoms with Gasteiger partial charge in [0, 0.05) is 13.2 Å². The van der Waals surface area contributed by atoms with E-state index in [9.17, 15) is 4.57 Å². The highest BCUT2D eigenvalue weighted by atomic mass is 35.5. The van der Waals surface area contributed by atoms with Crippen molar-refractivity contribution < 1.29 is 13.6 Å². The lowest BCUT2D eigenvalue weighted by Gasteiger charge is -2.15. The van der Waals surface area contributed by atoms with E-state index in [0.29, 0.717) is 15.8 Å². The molecule has 0 bridgehead atoms. The maximum atomic E-state index is 11.7. The molecule has 0 saturated carbocycles. The van der Waals surface area contributed by atoms with Crippen LogP contribution in [0.3, 0.4) is 0 Å². The minimum Gasteiger partial charge on any atom is -0.413 e. The van der Waals surface area contributed by atoms with E-state index in [1.54, 1.807) is 12.1 Å². The molecule has 0 saturated heterocycles. The molecular formula is C8H10Cl2NO3P. The zero-order valence-corrected chi connectivity index (χ0v) is 10.6. The minimum atomic E-state index is -3.29. The van der Waals surface area contributed by atoms with Gasteiger partial charge in [-0.1, -0.05) is 23.2 Å². The Kier molecular flexibility index (Phi) is 4.44. The normalized spacial score (nSPS) is 14.7. The van der Waals surface area contributed by atoms with Crippen LogP contribution >= 0.6 is 30.9 Å². The summed E-state index contributed by atoms with van der Waals surface area (Å²) in [6, 6.07) is 4.57. The van der Waals surface area contributed by atoms with Crippen LogP contribution in [0.2, 0.25) is 10.0 Å². The fraction of sp³-hybridized carbons (Fsp3) is 0.250. The topological polar surface area (TPSA) is 47.6 Å². The molecule has 4 nitrogen and oxygen atoms in total. The molecule has 0 radical (unpaired) electrons. The standard InChI is InChI=1S/C8H10Cl2NO3P/c1-11-15(12,13-2)14-6-3-4-7(9)8(10)5-6/h3-5H,1-2H3,(H,11,12). The first kappa shape index (κ1) is 12.8. The summed E-state index contributed by atoms with van der Waals surface area (Å²) in [5.74, 6) is 0.323. The van der Waals surface area contributed by atoms with Crippen LogP contribution in [0.25, 0.3) is 0 Å². The quantitative estimate of drug-likeness (QED) is 0.852. The second-order valence-electron chi connectivity index (χ2n) is 2.57. The summed E-state index contributed by atoms with van der Waals surface area (Å²) in [7, 11) is -0.529. The number of rotatable bonds is 4. The molecule has 0 aliphatic carbocycles. The average Bonchev–Trinajstić information content (AvgIpc) is 2.23. The smallest absolute Gasteiger partial charge is 0.413 e. The molecule has 1 rings (SSSR count). The number of benzene rings is 1. The molecule has 1 N–H and O–H groups in total. The van der Waals surface area contributed by atoms with Crippen molar-refractivity contribution in [1.82, 2.24) is 5.09 Å². The van der Waals surface area contributed by atoms with Gasteiger partial charge in [0.1, 0.15) is 5.75 Å². The van der Waals surface area contributed by atoms with Crippen LogP contribution in [0.1, 0.15) is 0 Å². The molecule has 0 aliphatic rings. The van der Waals surface area contributed by atoms with Crippen LogP contribution in [-0.2, 0) is 9.09 Å². The Bertz CT molecular complexity index is 391. The predicted molar refractivity (Wildman–Crippen MR) is 60.8 cm³/mol. The summed E-state index contributed by atoms with van der Waals surface area (Å²) in [5.41, 5.74) is 0. The first-order valence-electron chi connectivity index (χ1n) is 4.00. The second kappa shape index (κ2) is 5.19. The molecule has 1 atom stereocenters. The van der Waals surface area contributed by atoms with Gasteiger partial charge in [-0.3, -0.25) is 4.52 Å². The summed E-state index contributed by atoms with van der Waals surface area (Å²) in [6.45, 7) is 0. The van der Waals surface area contributed by atoms with Crippen LogP contribution in [0.4, 0.5) is 0 Å². The number of hydrogen-bond donors (Lipinski definition) is 1. The van der Waals surface area contributed by atoms with Crippen molar-refractivity contribution in [1.29, 1.82) is 0 Å². The molecule has 0 fully saturated rings. The minimum absolute atomic E-state index is 0.323. The van der Waals surface area contributed by atoms with Crippen molar-refractivity contribution in [3.05, 3.63) is 28.2 Å². The summed E-state index contributed by atoms with van der Waals surface area (Å²) in [4.78, 5) is 0. The SMILES string of the molecule is CNP(=O)(OC)Oc1ccc(Cl)c(Cl)c1. The summed E-state index contributed by atoms with van der Waals surface area (Å²) >= 11 is 11.5. The maximum absolute atomic E-state index is 11.7. The van der Waals surface area contributed by atoms with Gasteiger partial charge in [0.2, 0.25) is 0 Å². The monoisotopic (exact) mass is 269 g/mol. The lowest BCUT2D eigenvalue weighted by molar-refractivity contribution is 0.313. The van der Waals surface area contributed by atoms with Gasteiger partial charge in [0.05, 0.1) is 10.0 Å². The Hall–Kier alpha value is -0.250. The number of halogens is 2. The van der Waals surface area contributed by atoms with Gasteiger partial charge in [-0.25, -0.2) is 9.65 Å². The zero-order valence-electron chi connectivity index (χ0n) is 8.16. The van der Waals surface area contributed by atoms with Crippen molar-refractivity contribution >= 4 is 30.9 Å². The third-order valence-corrected chi connectivity index (χ3v) is 3.85. The largest absolute Gasteiger partial charge is 0.458 e. The Morgan fingerprint density at radius 3 is 2.47 bits per heavy atom. The molecule has 0 aliphatic heterocycles. The van der Waals surface area contributed by atoms with E-state index < -0.39 is 7.75 Å². The zero-order chi connectivity index (χ0) is 11.5. The summed E-state index contributed by atoms with van der Waals surface area (Å²) < 4.78 is 21.5. The van der Waals surface area contributed by atoms with Crippen LogP contribution in [-0.4, -0.2) is 14.2 Å². The van der Waals surface area contributed by atoms with Gasteiger partial charge >= 0.3 is 7.75 Å². The molecule has 15 heavy (non-hydrogen) atoms. The number of hydrogen-bond acceptors (Lipinski definition) is 3. The van der Waals surface area contributed by atoms with E-state index in [0.717, 1.165) is 0 Å². The molecule has 1 unspecified atom stereocenters. The lowest BCUT2D eigenvalue weighted by Crippen LogP contribution is -2.09. The molecule has 7 heteroatoms. The van der Waals surface area contributed by atoms with E-state index in [-0.39, 0.29) is 0 Å². The van der Waals surface area contributed by atoms with Gasteiger partial charge in [0.15, 0.2) is 0 Å². The Morgan fingerprint density at radius 1 is 1.33 bits per heavy atom. The maximum Gasteiger partial charge on any atom is 0.458 e. The Labute approximate surface area is 98.1 Å². The second-order valence-corrected chi connectivity index (χ2v) is 5.38. The first-order valence-corrected chi connectivity index (χ1v) is 6.30. The Morgan fingerprint density at radius 2 is 2.00 bits per heavy atom. The van der Waals surface area contributed by atoms with Gasteiger partial charge in [0.25, 0.3) is 0 Å². The van der Waals surface area contributed by atoms with E-state index >= 15 is 0 Å². The number of nitrogens with one attached hydrogen (secondary N) is 1. The molecule has 0 spiro atoms. The predicted octanol–water partition coefficient (Wildman–Crippen LogP) is 3.35. The van der Waals surface area contributed by atoms with E-state index in [4.69, 9.17) is 32.2 Å². The third-order valence-electron chi connectivity index (χ3n) is 1.63. The molecule has 84 valence electrons. The fourth-order valence-electron chi connectivity index (χ4n) is 0.847. The molecule has 0 heterocycles. The molecular weight excluding hydrogens is 260 g/mol. The van der Waals surface area contributed by atoms with Crippen LogP contribution in [0.5, 0.6) is 5.75 Å². The highest BCUT2D eigenvalue weighted by Gasteiger charge is 2.21. The molecule has 0 amide bonds. The highest BCUT2D eigenvalue weighted by molar-refractivity contribution is 7.52. The van der Waals surface area contributed by atoms with Crippen LogP contribution < -0.4 is 9.61 Å². The molecule has 1 aromatic rings. The van der Waals surface area contributed by atoms with Crippen molar-refractivity contribution in [3.63, 3.8) is 0 Å². The average molecular weight is 270 g/mol.